The van der Waals surface area contributed by atoms with Gasteiger partial charge in [0.05, 0.1) is 0 Å². The number of rotatable bonds is 10. The van der Waals surface area contributed by atoms with Gasteiger partial charge >= 0.3 is 0 Å². The van der Waals surface area contributed by atoms with E-state index >= 15 is 0 Å². The van der Waals surface area contributed by atoms with E-state index in [0.29, 0.717) is 0 Å². The molecule has 2 atom stereocenters. The van der Waals surface area contributed by atoms with Crippen molar-refractivity contribution in [2.45, 2.75) is 39.3 Å². The summed E-state index contributed by atoms with van der Waals surface area (Å²) in [5, 5.41) is 3.54. The molecule has 1 aliphatic rings. The predicted molar refractivity (Wildman–Crippen MR) is 168 cm³/mol. The third kappa shape index (κ3) is 7.30. The number of aliphatic imine (C=N–C) groups is 2. The van der Waals surface area contributed by atoms with Gasteiger partial charge in [0.25, 0.3) is 0 Å². The van der Waals surface area contributed by atoms with Crippen LogP contribution in [-0.4, -0.2) is 11.7 Å². The van der Waals surface area contributed by atoms with Crippen LogP contribution in [0.15, 0.2) is 138 Å². The fourth-order valence-electron chi connectivity index (χ4n) is 4.39. The fraction of sp³-hybridized carbons (Fsp3) is 0.167. The summed E-state index contributed by atoms with van der Waals surface area (Å²) >= 11 is 0. The first kappa shape index (κ1) is 27.5. The van der Waals surface area contributed by atoms with Gasteiger partial charge in [-0.3, -0.25) is 0 Å². The lowest BCUT2D eigenvalue weighted by molar-refractivity contribution is 0.755. The second-order valence-electron chi connectivity index (χ2n) is 9.70. The molecule has 39 heavy (non-hydrogen) atoms. The molecule has 1 heterocycles. The second kappa shape index (κ2) is 13.3. The maximum Gasteiger partial charge on any atom is 0.169 e. The average Bonchev–Trinajstić information content (AvgIpc) is 2.98. The summed E-state index contributed by atoms with van der Waals surface area (Å²) in [6.45, 7) is 14.4. The summed E-state index contributed by atoms with van der Waals surface area (Å²) in [5.41, 5.74) is 7.47. The zero-order chi connectivity index (χ0) is 27.6. The van der Waals surface area contributed by atoms with Crippen molar-refractivity contribution in [3.8, 4) is 0 Å². The Labute approximate surface area is 233 Å². The van der Waals surface area contributed by atoms with Crippen LogP contribution < -0.4 is 5.32 Å². The lowest BCUT2D eigenvalue weighted by Crippen LogP contribution is -2.36. The summed E-state index contributed by atoms with van der Waals surface area (Å²) in [7, 11) is 0. The Bertz CT molecular complexity index is 1480. The van der Waals surface area contributed by atoms with Crippen LogP contribution in [0.25, 0.3) is 5.57 Å². The van der Waals surface area contributed by atoms with Gasteiger partial charge in [0.2, 0.25) is 0 Å². The molecular weight excluding hydrogens is 474 g/mol. The number of aryl methyl sites for hydroxylation is 1. The van der Waals surface area contributed by atoms with E-state index in [1.165, 1.54) is 11.1 Å². The first-order valence-corrected chi connectivity index (χ1v) is 13.5. The molecule has 0 aliphatic carbocycles. The number of allylic oxidation sites excluding steroid dienone is 8. The van der Waals surface area contributed by atoms with Gasteiger partial charge in [0.1, 0.15) is 11.7 Å². The number of amidine groups is 2. The first-order valence-electron chi connectivity index (χ1n) is 13.5. The molecule has 0 radical (unpaired) electrons. The lowest BCUT2D eigenvalue weighted by Gasteiger charge is -2.23. The van der Waals surface area contributed by atoms with Crippen molar-refractivity contribution in [3.05, 3.63) is 162 Å². The van der Waals surface area contributed by atoms with Gasteiger partial charge in [0, 0.05) is 11.1 Å². The van der Waals surface area contributed by atoms with Crippen molar-refractivity contribution in [2.75, 3.05) is 0 Å². The highest BCUT2D eigenvalue weighted by Gasteiger charge is 2.21. The molecule has 3 aromatic carbocycles. The highest BCUT2D eigenvalue weighted by molar-refractivity contribution is 6.16. The first-order chi connectivity index (χ1) is 19.0. The van der Waals surface area contributed by atoms with Gasteiger partial charge in [-0.25, -0.2) is 9.98 Å². The molecule has 196 valence electrons. The summed E-state index contributed by atoms with van der Waals surface area (Å²) < 4.78 is 0. The van der Waals surface area contributed by atoms with Crippen molar-refractivity contribution in [1.82, 2.24) is 5.32 Å². The van der Waals surface area contributed by atoms with E-state index in [1.807, 2.05) is 18.2 Å². The van der Waals surface area contributed by atoms with Gasteiger partial charge < -0.3 is 5.32 Å². The van der Waals surface area contributed by atoms with Crippen LogP contribution in [0, 0.1) is 6.92 Å². The molecule has 1 aliphatic heterocycles. The summed E-state index contributed by atoms with van der Waals surface area (Å²) in [4.78, 5) is 10.1. The van der Waals surface area contributed by atoms with Crippen molar-refractivity contribution in [3.63, 3.8) is 0 Å². The summed E-state index contributed by atoms with van der Waals surface area (Å²) in [5.74, 6) is 1.90. The molecule has 3 nitrogen and oxygen atoms in total. The highest BCUT2D eigenvalue weighted by Crippen LogP contribution is 2.28. The third-order valence-electron chi connectivity index (χ3n) is 6.59. The molecule has 0 spiro atoms. The maximum atomic E-state index is 5.10. The molecule has 1 N–H and O–H groups in total. The number of nitrogens with one attached hydrogen (secondary N) is 1. The lowest BCUT2D eigenvalue weighted by atomic mass is 9.97. The Hall–Kier alpha value is -4.50. The molecule has 0 aromatic heterocycles. The van der Waals surface area contributed by atoms with Gasteiger partial charge in [-0.1, -0.05) is 130 Å². The summed E-state index contributed by atoms with van der Waals surface area (Å²) in [6, 6.07) is 25.3. The minimum absolute atomic E-state index is 0.280. The van der Waals surface area contributed by atoms with Crippen molar-refractivity contribution in [2.24, 2.45) is 9.98 Å². The van der Waals surface area contributed by atoms with Crippen LogP contribution in [0.2, 0.25) is 0 Å². The zero-order valence-corrected chi connectivity index (χ0v) is 23.1. The minimum Gasteiger partial charge on any atom is -0.324 e. The van der Waals surface area contributed by atoms with E-state index in [9.17, 15) is 0 Å². The van der Waals surface area contributed by atoms with Crippen LogP contribution in [0.1, 0.15) is 65.7 Å². The number of nitrogens with zero attached hydrogens (tertiary/aromatic N) is 2. The second-order valence-corrected chi connectivity index (χ2v) is 9.70. The molecule has 2 unspecified atom stereocenters. The van der Waals surface area contributed by atoms with Gasteiger partial charge in [-0.05, 0) is 59.7 Å². The smallest absolute Gasteiger partial charge is 0.169 e. The monoisotopic (exact) mass is 511 g/mol. The van der Waals surface area contributed by atoms with Crippen LogP contribution in [-0.2, 0) is 0 Å². The maximum absolute atomic E-state index is 5.10. The molecule has 0 bridgehead atoms. The van der Waals surface area contributed by atoms with Crippen LogP contribution >= 0.6 is 0 Å². The SMILES string of the molecule is C=C/C=C\C(=C)c1cccc(C2N=C(c3cccc(C)c3)NC(c3cccc(C(C)/C=C\C=C/CC)c3)=N2)c1. The number of hydrogen-bond donors (Lipinski definition) is 1. The fourth-order valence-corrected chi connectivity index (χ4v) is 4.39. The molecule has 3 heteroatoms. The Morgan fingerprint density at radius 1 is 0.923 bits per heavy atom. The third-order valence-corrected chi connectivity index (χ3v) is 6.59. The Balaban J connectivity index is 1.73. The molecular formula is C36H37N3. The van der Waals surface area contributed by atoms with E-state index in [0.717, 1.165) is 45.9 Å². The van der Waals surface area contributed by atoms with Crippen LogP contribution in [0.3, 0.4) is 0 Å². The quantitative estimate of drug-likeness (QED) is 0.271. The van der Waals surface area contributed by atoms with E-state index in [4.69, 9.17) is 9.98 Å². The predicted octanol–water partition coefficient (Wildman–Crippen LogP) is 8.87. The van der Waals surface area contributed by atoms with Gasteiger partial charge in [-0.2, -0.15) is 0 Å². The zero-order valence-electron chi connectivity index (χ0n) is 23.1. The van der Waals surface area contributed by atoms with Gasteiger partial charge in [0.15, 0.2) is 6.17 Å². The van der Waals surface area contributed by atoms with Crippen LogP contribution in [0.5, 0.6) is 0 Å². The topological polar surface area (TPSA) is 36.8 Å². The Kier molecular flexibility index (Phi) is 9.42. The normalized spacial score (nSPS) is 16.2. The van der Waals surface area contributed by atoms with Crippen molar-refractivity contribution in [1.29, 1.82) is 0 Å². The average molecular weight is 512 g/mol. The minimum atomic E-state index is -0.381. The molecule has 0 saturated carbocycles. The number of hydrogen-bond acceptors (Lipinski definition) is 3. The molecule has 0 saturated heterocycles. The van der Waals surface area contributed by atoms with Crippen molar-refractivity contribution >= 4 is 17.2 Å². The van der Waals surface area contributed by atoms with E-state index in [2.05, 4.69) is 130 Å². The number of benzene rings is 3. The van der Waals surface area contributed by atoms with E-state index in [-0.39, 0.29) is 12.1 Å². The highest BCUT2D eigenvalue weighted by atomic mass is 15.2. The Morgan fingerprint density at radius 2 is 1.64 bits per heavy atom. The Morgan fingerprint density at radius 3 is 2.36 bits per heavy atom. The standard InChI is InChI=1S/C36H37N3/c1-6-8-10-11-17-28(5)30-19-14-22-33(25-30)36-38-34(31-20-12-15-26(3)23-31)37-35(39-36)32-21-13-18-29(24-32)27(4)16-9-7-2/h7-25,28,35H,2,4,6H2,1,3,5H3,(H,37,38,39)/b10-8-,16-9-,17-11-. The van der Waals surface area contributed by atoms with E-state index < -0.39 is 0 Å². The molecule has 0 fully saturated rings. The largest absolute Gasteiger partial charge is 0.324 e. The van der Waals surface area contributed by atoms with Crippen LogP contribution in [0.4, 0.5) is 0 Å². The van der Waals surface area contributed by atoms with Crippen molar-refractivity contribution < 1.29 is 0 Å². The molecule has 0 amide bonds. The molecule has 3 aromatic rings. The molecule has 4 rings (SSSR count). The summed E-state index contributed by atoms with van der Waals surface area (Å²) in [6.07, 6.45) is 14.9. The van der Waals surface area contributed by atoms with E-state index in [1.54, 1.807) is 6.08 Å². The van der Waals surface area contributed by atoms with Gasteiger partial charge in [-0.15, -0.1) is 0 Å².